The van der Waals surface area contributed by atoms with E-state index in [1.807, 2.05) is 18.7 Å². The van der Waals surface area contributed by atoms with Crippen LogP contribution in [0.4, 0.5) is 5.82 Å². The summed E-state index contributed by atoms with van der Waals surface area (Å²) in [5, 5.41) is 0. The number of rotatable bonds is 5. The lowest BCUT2D eigenvalue weighted by Gasteiger charge is -2.35. The van der Waals surface area contributed by atoms with Crippen molar-refractivity contribution < 1.29 is 9.59 Å². The SMILES string of the molecule is CCN(CC)C(=O)CN1CCN(C(=O)c2nccnc2N)CC1. The Morgan fingerprint density at radius 2 is 1.74 bits per heavy atom. The average Bonchev–Trinajstić information content (AvgIpc) is 2.56. The van der Waals surface area contributed by atoms with Crippen molar-refractivity contribution in [1.82, 2.24) is 24.7 Å². The van der Waals surface area contributed by atoms with Gasteiger partial charge in [-0.05, 0) is 13.8 Å². The summed E-state index contributed by atoms with van der Waals surface area (Å²) in [6.45, 7) is 8.24. The summed E-state index contributed by atoms with van der Waals surface area (Å²) in [5.41, 5.74) is 5.90. The number of anilines is 1. The second-order valence-electron chi connectivity index (χ2n) is 5.42. The molecule has 0 spiro atoms. The monoisotopic (exact) mass is 320 g/mol. The van der Waals surface area contributed by atoms with Crippen molar-refractivity contribution in [3.8, 4) is 0 Å². The number of hydrogen-bond donors (Lipinski definition) is 1. The Balaban J connectivity index is 1.88. The first-order chi connectivity index (χ1) is 11.1. The van der Waals surface area contributed by atoms with E-state index in [2.05, 4.69) is 14.9 Å². The topological polar surface area (TPSA) is 95.7 Å². The van der Waals surface area contributed by atoms with Gasteiger partial charge < -0.3 is 15.5 Å². The highest BCUT2D eigenvalue weighted by molar-refractivity contribution is 5.96. The molecule has 0 unspecified atom stereocenters. The van der Waals surface area contributed by atoms with E-state index in [1.165, 1.54) is 12.4 Å². The summed E-state index contributed by atoms with van der Waals surface area (Å²) < 4.78 is 0. The van der Waals surface area contributed by atoms with E-state index in [9.17, 15) is 9.59 Å². The Hall–Kier alpha value is -2.22. The van der Waals surface area contributed by atoms with Gasteiger partial charge in [-0.25, -0.2) is 9.97 Å². The Morgan fingerprint density at radius 3 is 2.30 bits per heavy atom. The number of amides is 2. The Kier molecular flexibility index (Phi) is 5.86. The van der Waals surface area contributed by atoms with Gasteiger partial charge >= 0.3 is 0 Å². The Morgan fingerprint density at radius 1 is 1.13 bits per heavy atom. The lowest BCUT2D eigenvalue weighted by Crippen LogP contribution is -2.51. The molecule has 2 N–H and O–H groups in total. The molecule has 8 heteroatoms. The minimum atomic E-state index is -0.203. The molecular weight excluding hydrogens is 296 g/mol. The van der Waals surface area contributed by atoms with Crippen LogP contribution in [0.15, 0.2) is 12.4 Å². The van der Waals surface area contributed by atoms with Gasteiger partial charge in [0.05, 0.1) is 6.54 Å². The van der Waals surface area contributed by atoms with Crippen LogP contribution in [-0.4, -0.2) is 82.3 Å². The first kappa shape index (κ1) is 17.1. The highest BCUT2D eigenvalue weighted by Crippen LogP contribution is 2.10. The van der Waals surface area contributed by atoms with Gasteiger partial charge in [-0.15, -0.1) is 0 Å². The molecule has 0 aliphatic carbocycles. The van der Waals surface area contributed by atoms with Crippen molar-refractivity contribution in [1.29, 1.82) is 0 Å². The van der Waals surface area contributed by atoms with Crippen LogP contribution in [0, 0.1) is 0 Å². The summed E-state index contributed by atoms with van der Waals surface area (Å²) in [4.78, 5) is 38.0. The second-order valence-corrected chi connectivity index (χ2v) is 5.42. The molecule has 1 fully saturated rings. The average molecular weight is 320 g/mol. The predicted molar refractivity (Wildman–Crippen MR) is 86.7 cm³/mol. The van der Waals surface area contributed by atoms with Crippen LogP contribution in [0.1, 0.15) is 24.3 Å². The van der Waals surface area contributed by atoms with E-state index in [1.54, 1.807) is 4.90 Å². The van der Waals surface area contributed by atoms with Gasteiger partial charge in [0, 0.05) is 51.7 Å². The van der Waals surface area contributed by atoms with Crippen molar-refractivity contribution in [3.05, 3.63) is 18.1 Å². The van der Waals surface area contributed by atoms with Gasteiger partial charge in [0.15, 0.2) is 11.5 Å². The number of piperazine rings is 1. The molecule has 1 aliphatic rings. The van der Waals surface area contributed by atoms with Crippen LogP contribution < -0.4 is 5.73 Å². The minimum absolute atomic E-state index is 0.132. The molecule has 0 saturated carbocycles. The number of hydrogen-bond acceptors (Lipinski definition) is 6. The zero-order valence-corrected chi connectivity index (χ0v) is 13.7. The summed E-state index contributed by atoms with van der Waals surface area (Å²) in [5.74, 6) is 0.0786. The fraction of sp³-hybridized carbons (Fsp3) is 0.600. The Labute approximate surface area is 136 Å². The predicted octanol–water partition coefficient (Wildman–Crippen LogP) is -0.315. The third-order valence-corrected chi connectivity index (χ3v) is 4.06. The highest BCUT2D eigenvalue weighted by Gasteiger charge is 2.26. The third kappa shape index (κ3) is 4.16. The summed E-state index contributed by atoms with van der Waals surface area (Å²) in [6, 6.07) is 0. The summed E-state index contributed by atoms with van der Waals surface area (Å²) in [6.07, 6.45) is 2.92. The first-order valence-corrected chi connectivity index (χ1v) is 7.92. The molecule has 8 nitrogen and oxygen atoms in total. The normalized spacial score (nSPS) is 15.5. The molecule has 2 heterocycles. The van der Waals surface area contributed by atoms with Gasteiger partial charge in [-0.1, -0.05) is 0 Å². The molecule has 0 atom stereocenters. The molecule has 23 heavy (non-hydrogen) atoms. The molecule has 0 bridgehead atoms. The molecule has 1 aromatic heterocycles. The van der Waals surface area contributed by atoms with Crippen LogP contribution in [0.25, 0.3) is 0 Å². The number of nitrogens with two attached hydrogens (primary N) is 1. The zero-order chi connectivity index (χ0) is 16.8. The number of aromatic nitrogens is 2. The van der Waals surface area contributed by atoms with Crippen molar-refractivity contribution >= 4 is 17.6 Å². The standard InChI is InChI=1S/C15H24N6O2/c1-3-20(4-2)12(22)11-19-7-9-21(10-8-19)15(23)13-14(16)18-6-5-17-13/h5-6H,3-4,7-11H2,1-2H3,(H2,16,18). The zero-order valence-electron chi connectivity index (χ0n) is 13.7. The van der Waals surface area contributed by atoms with Gasteiger partial charge in [-0.2, -0.15) is 0 Å². The molecule has 0 radical (unpaired) electrons. The van der Waals surface area contributed by atoms with Crippen molar-refractivity contribution in [2.75, 3.05) is 51.5 Å². The lowest BCUT2D eigenvalue weighted by atomic mass is 10.2. The van der Waals surface area contributed by atoms with Crippen LogP contribution in [0.5, 0.6) is 0 Å². The third-order valence-electron chi connectivity index (χ3n) is 4.06. The maximum atomic E-state index is 12.4. The van der Waals surface area contributed by atoms with Gasteiger partial charge in [0.25, 0.3) is 5.91 Å². The van der Waals surface area contributed by atoms with Crippen LogP contribution >= 0.6 is 0 Å². The van der Waals surface area contributed by atoms with E-state index in [-0.39, 0.29) is 23.3 Å². The number of carbonyl (C=O) groups excluding carboxylic acids is 2. The van der Waals surface area contributed by atoms with Gasteiger partial charge in [-0.3, -0.25) is 14.5 Å². The van der Waals surface area contributed by atoms with Crippen molar-refractivity contribution in [2.24, 2.45) is 0 Å². The van der Waals surface area contributed by atoms with Crippen LogP contribution in [-0.2, 0) is 4.79 Å². The second kappa shape index (κ2) is 7.87. The molecule has 2 amide bonds. The maximum Gasteiger partial charge on any atom is 0.276 e. The molecule has 2 rings (SSSR count). The fourth-order valence-electron chi connectivity index (χ4n) is 2.64. The fourth-order valence-corrected chi connectivity index (χ4v) is 2.64. The molecule has 1 saturated heterocycles. The van der Waals surface area contributed by atoms with Crippen molar-refractivity contribution in [3.63, 3.8) is 0 Å². The molecule has 1 aromatic rings. The first-order valence-electron chi connectivity index (χ1n) is 7.92. The van der Waals surface area contributed by atoms with Gasteiger partial charge in [0.1, 0.15) is 0 Å². The number of nitrogens with zero attached hydrogens (tertiary/aromatic N) is 5. The number of carbonyl (C=O) groups is 2. The molecule has 1 aliphatic heterocycles. The van der Waals surface area contributed by atoms with E-state index in [4.69, 9.17) is 5.73 Å². The number of likely N-dealkylation sites (N-methyl/N-ethyl adjacent to an activating group) is 1. The minimum Gasteiger partial charge on any atom is -0.382 e. The van der Waals surface area contributed by atoms with Crippen molar-refractivity contribution in [2.45, 2.75) is 13.8 Å². The summed E-state index contributed by atoms with van der Waals surface area (Å²) >= 11 is 0. The largest absolute Gasteiger partial charge is 0.382 e. The van der Waals surface area contributed by atoms with E-state index >= 15 is 0 Å². The summed E-state index contributed by atoms with van der Waals surface area (Å²) in [7, 11) is 0. The smallest absolute Gasteiger partial charge is 0.276 e. The number of nitrogen functional groups attached to an aromatic ring is 1. The van der Waals surface area contributed by atoms with E-state index in [0.717, 1.165) is 13.1 Å². The van der Waals surface area contributed by atoms with E-state index < -0.39 is 0 Å². The van der Waals surface area contributed by atoms with Crippen LogP contribution in [0.2, 0.25) is 0 Å². The quantitative estimate of drug-likeness (QED) is 0.799. The Bertz CT molecular complexity index is 553. The van der Waals surface area contributed by atoms with E-state index in [0.29, 0.717) is 32.7 Å². The van der Waals surface area contributed by atoms with Crippen LogP contribution in [0.3, 0.4) is 0 Å². The molecular formula is C15H24N6O2. The maximum absolute atomic E-state index is 12.4. The molecule has 126 valence electrons. The highest BCUT2D eigenvalue weighted by atomic mass is 16.2. The van der Waals surface area contributed by atoms with Gasteiger partial charge in [0.2, 0.25) is 5.91 Å². The lowest BCUT2D eigenvalue weighted by molar-refractivity contribution is -0.132. The molecule has 0 aromatic carbocycles.